The molecule has 0 aliphatic heterocycles. The molecule has 10 rings (SSSR count). The molecule has 0 radical (unpaired) electrons. The van der Waals surface area contributed by atoms with E-state index in [4.69, 9.17) is 4.42 Å². The van der Waals surface area contributed by atoms with E-state index in [2.05, 4.69) is 158 Å². The van der Waals surface area contributed by atoms with E-state index in [0.717, 1.165) is 21.9 Å². The van der Waals surface area contributed by atoms with Gasteiger partial charge < -0.3 is 4.42 Å². The molecular weight excluding hydrogens is 569 g/mol. The molecule has 1 aromatic heterocycles. The van der Waals surface area contributed by atoms with Crippen LogP contribution in [0.1, 0.15) is 0 Å². The first-order chi connectivity index (χ1) is 23.3. The van der Waals surface area contributed by atoms with Gasteiger partial charge in [-0.15, -0.1) is 0 Å². The lowest BCUT2D eigenvalue weighted by Crippen LogP contribution is -1.91. The second kappa shape index (κ2) is 10.2. The van der Waals surface area contributed by atoms with Crippen molar-refractivity contribution in [3.63, 3.8) is 0 Å². The Kier molecular flexibility index (Phi) is 5.64. The fourth-order valence-electron chi connectivity index (χ4n) is 7.77. The Morgan fingerprint density at radius 3 is 1.49 bits per heavy atom. The van der Waals surface area contributed by atoms with Crippen molar-refractivity contribution in [3.8, 4) is 33.4 Å². The second-order valence-electron chi connectivity index (χ2n) is 12.4. The Morgan fingerprint density at radius 2 is 0.787 bits per heavy atom. The van der Waals surface area contributed by atoms with E-state index in [-0.39, 0.29) is 0 Å². The lowest BCUT2D eigenvalue weighted by Gasteiger charge is -2.18. The molecule has 0 saturated carbocycles. The summed E-state index contributed by atoms with van der Waals surface area (Å²) < 4.78 is 6.19. The van der Waals surface area contributed by atoms with Crippen LogP contribution >= 0.6 is 0 Å². The summed E-state index contributed by atoms with van der Waals surface area (Å²) in [5, 5.41) is 12.4. The first-order valence-corrected chi connectivity index (χ1v) is 16.2. The highest BCUT2D eigenvalue weighted by Crippen LogP contribution is 2.45. The topological polar surface area (TPSA) is 13.1 Å². The summed E-state index contributed by atoms with van der Waals surface area (Å²) in [6.45, 7) is 0. The van der Waals surface area contributed by atoms with Crippen molar-refractivity contribution in [2.45, 2.75) is 0 Å². The molecule has 0 aliphatic rings. The lowest BCUT2D eigenvalue weighted by atomic mass is 9.85. The molecule has 0 N–H and O–H groups in total. The number of hydrogen-bond acceptors (Lipinski definition) is 1. The molecular formula is C46H28O. The van der Waals surface area contributed by atoms with Crippen LogP contribution in [0.25, 0.3) is 98.4 Å². The van der Waals surface area contributed by atoms with Gasteiger partial charge in [-0.25, -0.2) is 0 Å². The van der Waals surface area contributed by atoms with Crippen molar-refractivity contribution in [1.82, 2.24) is 0 Å². The molecule has 0 amide bonds. The third-order valence-electron chi connectivity index (χ3n) is 9.83. The molecule has 1 heterocycles. The molecule has 0 spiro atoms. The smallest absolute Gasteiger partial charge is 0.135 e. The van der Waals surface area contributed by atoms with E-state index in [1.807, 2.05) is 12.1 Å². The number of rotatable bonds is 3. The van der Waals surface area contributed by atoms with Gasteiger partial charge in [0.2, 0.25) is 0 Å². The van der Waals surface area contributed by atoms with Crippen LogP contribution in [0.5, 0.6) is 0 Å². The summed E-state index contributed by atoms with van der Waals surface area (Å²) in [6, 6.07) is 61.7. The summed E-state index contributed by atoms with van der Waals surface area (Å²) >= 11 is 0. The average molecular weight is 597 g/mol. The van der Waals surface area contributed by atoms with Gasteiger partial charge in [-0.1, -0.05) is 140 Å². The Labute approximate surface area is 271 Å². The summed E-state index contributed by atoms with van der Waals surface area (Å²) in [5.74, 6) is 0. The quantitative estimate of drug-likeness (QED) is 0.146. The Hall–Kier alpha value is -6.18. The molecule has 0 atom stereocenters. The van der Waals surface area contributed by atoms with Crippen molar-refractivity contribution in [2.24, 2.45) is 0 Å². The van der Waals surface area contributed by atoms with Gasteiger partial charge in [0, 0.05) is 10.8 Å². The third-order valence-corrected chi connectivity index (χ3v) is 9.83. The van der Waals surface area contributed by atoms with Gasteiger partial charge in [0.25, 0.3) is 0 Å². The van der Waals surface area contributed by atoms with E-state index in [0.29, 0.717) is 0 Å². The largest absolute Gasteiger partial charge is 0.456 e. The first kappa shape index (κ1) is 26.1. The highest BCUT2D eigenvalue weighted by molar-refractivity contribution is 6.22. The fraction of sp³-hybridized carbons (Fsp3) is 0. The van der Waals surface area contributed by atoms with Crippen LogP contribution < -0.4 is 0 Å². The number of furan rings is 1. The molecule has 0 saturated heterocycles. The van der Waals surface area contributed by atoms with Gasteiger partial charge in [0.1, 0.15) is 11.2 Å². The number of fused-ring (bicyclic) bond motifs is 8. The monoisotopic (exact) mass is 596 g/mol. The molecule has 9 aromatic carbocycles. The third kappa shape index (κ3) is 3.97. The van der Waals surface area contributed by atoms with Crippen LogP contribution in [0.2, 0.25) is 0 Å². The van der Waals surface area contributed by atoms with Crippen molar-refractivity contribution in [1.29, 1.82) is 0 Å². The normalized spacial score (nSPS) is 11.8. The van der Waals surface area contributed by atoms with Crippen molar-refractivity contribution in [3.05, 3.63) is 170 Å². The number of para-hydroxylation sites is 1. The molecule has 0 bridgehead atoms. The Bertz CT molecular complexity index is 2800. The lowest BCUT2D eigenvalue weighted by molar-refractivity contribution is 0.669. The van der Waals surface area contributed by atoms with E-state index in [9.17, 15) is 0 Å². The maximum atomic E-state index is 6.19. The molecule has 1 heteroatoms. The predicted octanol–water partition coefficient (Wildman–Crippen LogP) is 13.2. The van der Waals surface area contributed by atoms with E-state index in [1.165, 1.54) is 76.5 Å². The van der Waals surface area contributed by atoms with Crippen LogP contribution in [0.15, 0.2) is 174 Å². The van der Waals surface area contributed by atoms with Gasteiger partial charge in [0.05, 0.1) is 0 Å². The van der Waals surface area contributed by atoms with E-state index < -0.39 is 0 Å². The molecule has 0 fully saturated rings. The van der Waals surface area contributed by atoms with Crippen LogP contribution in [-0.2, 0) is 0 Å². The maximum Gasteiger partial charge on any atom is 0.135 e. The minimum atomic E-state index is 0.915. The first-order valence-electron chi connectivity index (χ1n) is 16.2. The van der Waals surface area contributed by atoms with Gasteiger partial charge in [-0.3, -0.25) is 0 Å². The summed E-state index contributed by atoms with van der Waals surface area (Å²) in [6.07, 6.45) is 0. The molecule has 47 heavy (non-hydrogen) atoms. The van der Waals surface area contributed by atoms with Crippen LogP contribution in [0, 0.1) is 0 Å². The Balaban J connectivity index is 1.24. The maximum absolute atomic E-state index is 6.19. The van der Waals surface area contributed by atoms with Crippen molar-refractivity contribution in [2.75, 3.05) is 0 Å². The van der Waals surface area contributed by atoms with Crippen LogP contribution in [0.4, 0.5) is 0 Å². The highest BCUT2D eigenvalue weighted by atomic mass is 16.3. The molecule has 218 valence electrons. The van der Waals surface area contributed by atoms with Crippen molar-refractivity contribution >= 4 is 65.0 Å². The SMILES string of the molecule is c1cc(-c2c3ccccc3c(-c3ccc4oc5ccccc5c4c3)c3ccccc23)cc(-c2cc3ccccc3c3ccccc23)c1. The predicted molar refractivity (Wildman–Crippen MR) is 200 cm³/mol. The van der Waals surface area contributed by atoms with Gasteiger partial charge >= 0.3 is 0 Å². The van der Waals surface area contributed by atoms with Gasteiger partial charge in [0.15, 0.2) is 0 Å². The zero-order chi connectivity index (χ0) is 30.9. The zero-order valence-corrected chi connectivity index (χ0v) is 25.6. The van der Waals surface area contributed by atoms with Gasteiger partial charge in [-0.2, -0.15) is 0 Å². The Morgan fingerprint density at radius 1 is 0.277 bits per heavy atom. The highest BCUT2D eigenvalue weighted by Gasteiger charge is 2.18. The summed E-state index contributed by atoms with van der Waals surface area (Å²) in [4.78, 5) is 0. The van der Waals surface area contributed by atoms with Crippen LogP contribution in [-0.4, -0.2) is 0 Å². The average Bonchev–Trinajstić information content (AvgIpc) is 3.51. The fourth-order valence-corrected chi connectivity index (χ4v) is 7.77. The minimum absolute atomic E-state index is 0.915. The standard InChI is InChI=1S/C46H28O/c1-2-15-33-30(12-1)27-41(35-17-4-3-16-34(33)35)29-13-11-14-31(26-29)45-37-19-5-7-21-39(37)46(40-22-8-6-20-38(40)45)32-24-25-44-42(28-32)36-18-9-10-23-43(36)47-44/h1-28H. The molecule has 10 aromatic rings. The number of benzene rings is 9. The minimum Gasteiger partial charge on any atom is -0.456 e. The molecule has 0 aliphatic carbocycles. The summed E-state index contributed by atoms with van der Waals surface area (Å²) in [7, 11) is 0. The summed E-state index contributed by atoms with van der Waals surface area (Å²) in [5.41, 5.74) is 9.24. The van der Waals surface area contributed by atoms with Gasteiger partial charge in [-0.05, 0) is 107 Å². The van der Waals surface area contributed by atoms with E-state index in [1.54, 1.807) is 0 Å². The number of hydrogen-bond donors (Lipinski definition) is 0. The van der Waals surface area contributed by atoms with Crippen molar-refractivity contribution < 1.29 is 4.42 Å². The second-order valence-corrected chi connectivity index (χ2v) is 12.4. The van der Waals surface area contributed by atoms with Crippen LogP contribution in [0.3, 0.4) is 0 Å². The molecule has 0 unspecified atom stereocenters. The zero-order valence-electron chi connectivity index (χ0n) is 25.6. The molecule has 1 nitrogen and oxygen atoms in total. The van der Waals surface area contributed by atoms with E-state index >= 15 is 0 Å².